The number of hydrogen-bond acceptors (Lipinski definition) is 10. The predicted molar refractivity (Wildman–Crippen MR) is 147 cm³/mol. The number of ether oxygens (including phenoxy) is 3. The molecule has 0 saturated heterocycles. The predicted octanol–water partition coefficient (Wildman–Crippen LogP) is 3.62. The highest BCUT2D eigenvalue weighted by atomic mass is 32.3. The van der Waals surface area contributed by atoms with Crippen LogP contribution in [0.15, 0.2) is 0 Å². The Morgan fingerprint density at radius 1 is 0.762 bits per heavy atom. The average molecular weight is 644 g/mol. The number of carbonyl (C=O) groups is 3. The first-order valence-corrected chi connectivity index (χ1v) is 17.2. The molecule has 0 radical (unpaired) electrons. The van der Waals surface area contributed by atoms with Gasteiger partial charge in [0.15, 0.2) is 5.41 Å². The second kappa shape index (κ2) is 10.9. The maximum absolute atomic E-state index is 15.5. The van der Waals surface area contributed by atoms with Crippen molar-refractivity contribution >= 4 is 38.0 Å². The molecule has 0 N–H and O–H groups in total. The summed E-state index contributed by atoms with van der Waals surface area (Å²) >= 11 is 0. The highest BCUT2D eigenvalue weighted by Crippen LogP contribution is 2.60. The van der Waals surface area contributed by atoms with Crippen molar-refractivity contribution in [3.05, 3.63) is 0 Å². The van der Waals surface area contributed by atoms with E-state index in [2.05, 4.69) is 0 Å². The number of rotatable bonds is 10. The van der Waals surface area contributed by atoms with Crippen molar-refractivity contribution in [2.24, 2.45) is 28.6 Å². The molecule has 0 atom stereocenters. The van der Waals surface area contributed by atoms with Crippen molar-refractivity contribution in [3.8, 4) is 0 Å². The Kier molecular flexibility index (Phi) is 9.01. The molecule has 0 aromatic heterocycles. The number of alkyl halides is 2. The van der Waals surface area contributed by atoms with Crippen molar-refractivity contribution in [1.29, 1.82) is 0 Å². The number of sulfonamides is 2. The largest absolute Gasteiger partial charge is 0.460 e. The van der Waals surface area contributed by atoms with Gasteiger partial charge in [0.25, 0.3) is 0 Å². The summed E-state index contributed by atoms with van der Waals surface area (Å²) < 4.78 is 97.4. The van der Waals surface area contributed by atoms with Crippen LogP contribution in [0.2, 0.25) is 0 Å². The average Bonchev–Trinajstić information content (AvgIpc) is 2.76. The van der Waals surface area contributed by atoms with E-state index in [0.717, 1.165) is 26.2 Å². The summed E-state index contributed by atoms with van der Waals surface area (Å²) in [5.74, 6) is -4.06. The quantitative estimate of drug-likeness (QED) is 0.196. The van der Waals surface area contributed by atoms with Gasteiger partial charge in [0.1, 0.15) is 11.2 Å². The Bertz CT molecular complexity index is 1250. The van der Waals surface area contributed by atoms with E-state index in [-0.39, 0.29) is 0 Å². The molecule has 0 unspecified atom stereocenters. The van der Waals surface area contributed by atoms with Gasteiger partial charge < -0.3 is 14.2 Å². The molecule has 11 nitrogen and oxygen atoms in total. The van der Waals surface area contributed by atoms with E-state index in [1.54, 1.807) is 0 Å². The maximum Gasteiger partial charge on any atom is 0.455 e. The normalized spacial score (nSPS) is 26.7. The number of hydrogen-bond donors (Lipinski definition) is 0. The minimum absolute atomic E-state index is 0.298. The molecule has 4 bridgehead atoms. The molecule has 0 amide bonds. The Hall–Kier alpha value is -1.87. The third kappa shape index (κ3) is 7.25. The van der Waals surface area contributed by atoms with Crippen LogP contribution in [-0.4, -0.2) is 74.3 Å². The van der Waals surface area contributed by atoms with Crippen molar-refractivity contribution in [2.75, 3.05) is 19.4 Å². The molecule has 15 heteroatoms. The molecule has 0 aliphatic heterocycles. The molecule has 242 valence electrons. The molecule has 0 aromatic carbocycles. The Balaban J connectivity index is 1.92. The van der Waals surface area contributed by atoms with Crippen molar-refractivity contribution in [1.82, 2.24) is 3.71 Å². The van der Waals surface area contributed by atoms with E-state index in [4.69, 9.17) is 14.2 Å². The van der Waals surface area contributed by atoms with Gasteiger partial charge in [-0.1, -0.05) is 3.71 Å². The molecular weight excluding hydrogens is 600 g/mol. The first-order chi connectivity index (χ1) is 18.7. The summed E-state index contributed by atoms with van der Waals surface area (Å²) in [4.78, 5) is 39.0. The Labute approximate surface area is 247 Å². The van der Waals surface area contributed by atoms with Gasteiger partial charge in [0, 0.05) is 5.41 Å². The molecular formula is C27H43F2NO10S2. The monoisotopic (exact) mass is 643 g/mol. The van der Waals surface area contributed by atoms with Crippen LogP contribution in [0.25, 0.3) is 0 Å². The highest BCUT2D eigenvalue weighted by molar-refractivity contribution is 8.04. The van der Waals surface area contributed by atoms with Crippen LogP contribution < -0.4 is 0 Å². The molecule has 4 aliphatic carbocycles. The van der Waals surface area contributed by atoms with Crippen LogP contribution in [0.5, 0.6) is 0 Å². The number of esters is 3. The van der Waals surface area contributed by atoms with Gasteiger partial charge in [-0.25, -0.2) is 21.6 Å². The second-order valence-electron chi connectivity index (χ2n) is 14.5. The number of nitrogens with zero attached hydrogens (tertiary/aromatic N) is 1. The zero-order valence-corrected chi connectivity index (χ0v) is 27.1. The third-order valence-electron chi connectivity index (χ3n) is 8.02. The zero-order chi connectivity index (χ0) is 32.3. The maximum atomic E-state index is 15.5. The smallest absolute Gasteiger partial charge is 0.455 e. The SMILES string of the molecule is CC(C)(C)OC(=O)C(C)(CN(S(C)(=O)=O)S(=O)(=O)C(F)(F)C(=O)OCC12CC3CC(CC(C3)C1)C2)C(=O)OC(C)(C)C. The zero-order valence-electron chi connectivity index (χ0n) is 25.5. The topological polar surface area (TPSA) is 150 Å². The molecule has 4 saturated carbocycles. The first kappa shape index (κ1) is 34.6. The van der Waals surface area contributed by atoms with Crippen molar-refractivity contribution in [2.45, 2.75) is 103 Å². The van der Waals surface area contributed by atoms with Gasteiger partial charge in [0.05, 0.1) is 19.4 Å². The highest BCUT2D eigenvalue weighted by Gasteiger charge is 2.63. The molecule has 4 rings (SSSR count). The minimum atomic E-state index is -6.40. The summed E-state index contributed by atoms with van der Waals surface area (Å²) in [6.07, 6.45) is 5.46. The van der Waals surface area contributed by atoms with Crippen LogP contribution in [-0.2, 0) is 48.6 Å². The molecule has 4 aliphatic rings. The lowest BCUT2D eigenvalue weighted by Crippen LogP contribution is -2.57. The standard InChI is InChI=1S/C27H43F2NO10S2/c1-23(2,3)39-20(31)25(7,21(32)40-24(4,5)6)15-30(41(8,34)35)42(36,37)27(28,29)22(33)38-16-26-12-17-9-18(13-26)11-19(10-17)14-26/h17-19H,9-16H2,1-8H3. The molecule has 0 spiro atoms. The second-order valence-corrected chi connectivity index (χ2v) is 18.6. The van der Waals surface area contributed by atoms with E-state index in [0.29, 0.717) is 43.3 Å². The summed E-state index contributed by atoms with van der Waals surface area (Å²) in [5.41, 5.74) is -5.72. The summed E-state index contributed by atoms with van der Waals surface area (Å²) in [5, 5.41) is -5.36. The lowest BCUT2D eigenvalue weighted by Gasteiger charge is -2.56. The van der Waals surface area contributed by atoms with Gasteiger partial charge in [-0.05, 0) is 105 Å². The van der Waals surface area contributed by atoms with Gasteiger partial charge >= 0.3 is 33.2 Å². The van der Waals surface area contributed by atoms with E-state index in [9.17, 15) is 31.2 Å². The van der Waals surface area contributed by atoms with E-state index in [1.165, 1.54) is 41.5 Å². The summed E-state index contributed by atoms with van der Waals surface area (Å²) in [6.45, 7) is 7.35. The molecule has 42 heavy (non-hydrogen) atoms. The molecule has 4 fully saturated rings. The van der Waals surface area contributed by atoms with E-state index in [1.807, 2.05) is 0 Å². The van der Waals surface area contributed by atoms with Crippen LogP contribution in [0, 0.1) is 28.6 Å². The fourth-order valence-electron chi connectivity index (χ4n) is 6.64. The van der Waals surface area contributed by atoms with Gasteiger partial charge in [0.2, 0.25) is 10.0 Å². The van der Waals surface area contributed by atoms with Gasteiger partial charge in [-0.3, -0.25) is 9.59 Å². The minimum Gasteiger partial charge on any atom is -0.460 e. The fourth-order valence-corrected chi connectivity index (χ4v) is 9.79. The molecule has 0 heterocycles. The first-order valence-electron chi connectivity index (χ1n) is 14.0. The van der Waals surface area contributed by atoms with E-state index >= 15 is 8.78 Å². The van der Waals surface area contributed by atoms with Crippen molar-refractivity contribution in [3.63, 3.8) is 0 Å². The number of carbonyl (C=O) groups excluding carboxylic acids is 3. The van der Waals surface area contributed by atoms with Gasteiger partial charge in [-0.2, -0.15) is 8.78 Å². The Morgan fingerprint density at radius 3 is 1.48 bits per heavy atom. The van der Waals surface area contributed by atoms with Crippen LogP contribution in [0.4, 0.5) is 8.78 Å². The lowest BCUT2D eigenvalue weighted by molar-refractivity contribution is -0.183. The van der Waals surface area contributed by atoms with Crippen LogP contribution in [0.3, 0.4) is 0 Å². The van der Waals surface area contributed by atoms with Crippen molar-refractivity contribution < 1.29 is 54.2 Å². The third-order valence-corrected chi connectivity index (χ3v) is 11.8. The van der Waals surface area contributed by atoms with Crippen LogP contribution >= 0.6 is 0 Å². The molecule has 0 aromatic rings. The van der Waals surface area contributed by atoms with E-state index < -0.39 is 82.1 Å². The van der Waals surface area contributed by atoms with Crippen LogP contribution in [0.1, 0.15) is 87.0 Å². The summed E-state index contributed by atoms with van der Waals surface area (Å²) in [7, 11) is -11.5. The Morgan fingerprint density at radius 2 is 1.14 bits per heavy atom. The lowest BCUT2D eigenvalue weighted by atomic mass is 9.50. The number of halogens is 2. The fraction of sp³-hybridized carbons (Fsp3) is 0.889. The van der Waals surface area contributed by atoms with Gasteiger partial charge in [-0.15, -0.1) is 0 Å². The summed E-state index contributed by atoms with van der Waals surface area (Å²) in [6, 6.07) is 0.